The van der Waals surface area contributed by atoms with Gasteiger partial charge in [0.15, 0.2) is 10.1 Å². The van der Waals surface area contributed by atoms with Crippen LogP contribution in [-0.4, -0.2) is 33.9 Å². The van der Waals surface area contributed by atoms with E-state index in [4.69, 9.17) is 0 Å². The highest BCUT2D eigenvalue weighted by molar-refractivity contribution is 7.17. The fourth-order valence-electron chi connectivity index (χ4n) is 2.43. The summed E-state index contributed by atoms with van der Waals surface area (Å²) in [7, 11) is 1.90. The van der Waals surface area contributed by atoms with Gasteiger partial charge in [0.25, 0.3) is 11.5 Å². The molecule has 0 fully saturated rings. The molecule has 24 heavy (non-hydrogen) atoms. The molecule has 0 radical (unpaired) electrons. The lowest BCUT2D eigenvalue weighted by atomic mass is 10.3. The Labute approximate surface area is 146 Å². The van der Waals surface area contributed by atoms with E-state index in [-0.39, 0.29) is 11.5 Å². The molecule has 0 atom stereocenters. The molecule has 3 aromatic rings. The second-order valence-electron chi connectivity index (χ2n) is 5.24. The molecule has 0 aliphatic rings. The first-order chi connectivity index (χ1) is 11.5. The minimum Gasteiger partial charge on any atom is -0.351 e. The summed E-state index contributed by atoms with van der Waals surface area (Å²) in [6.45, 7) is 4.65. The van der Waals surface area contributed by atoms with E-state index in [1.165, 1.54) is 33.1 Å². The van der Waals surface area contributed by atoms with Crippen LogP contribution in [0.2, 0.25) is 0 Å². The SMILES string of the molecule is CCNC(=O)c1c(C)sc2nc(CN(C)c3nccs3)cc(=O)n12. The van der Waals surface area contributed by atoms with Gasteiger partial charge in [-0.15, -0.1) is 22.7 Å². The van der Waals surface area contributed by atoms with E-state index < -0.39 is 0 Å². The zero-order valence-electron chi connectivity index (χ0n) is 13.6. The quantitative estimate of drug-likeness (QED) is 0.749. The Hall–Kier alpha value is -2.26. The molecular weight excluding hydrogens is 346 g/mol. The first-order valence-electron chi connectivity index (χ1n) is 7.42. The number of hydrogen-bond acceptors (Lipinski definition) is 7. The van der Waals surface area contributed by atoms with Crippen LogP contribution in [0.3, 0.4) is 0 Å². The van der Waals surface area contributed by atoms with Gasteiger partial charge in [-0.1, -0.05) is 0 Å². The normalized spacial score (nSPS) is 11.0. The van der Waals surface area contributed by atoms with Crippen molar-refractivity contribution in [1.82, 2.24) is 19.7 Å². The van der Waals surface area contributed by atoms with Gasteiger partial charge in [0.1, 0.15) is 5.69 Å². The van der Waals surface area contributed by atoms with Crippen LogP contribution in [0.15, 0.2) is 22.4 Å². The van der Waals surface area contributed by atoms with E-state index in [2.05, 4.69) is 15.3 Å². The van der Waals surface area contributed by atoms with Gasteiger partial charge < -0.3 is 10.2 Å². The lowest BCUT2D eigenvalue weighted by Gasteiger charge is -2.14. The van der Waals surface area contributed by atoms with Crippen LogP contribution in [-0.2, 0) is 6.54 Å². The van der Waals surface area contributed by atoms with E-state index >= 15 is 0 Å². The third-order valence-corrected chi connectivity index (χ3v) is 5.28. The van der Waals surface area contributed by atoms with Gasteiger partial charge in [-0.05, 0) is 13.8 Å². The van der Waals surface area contributed by atoms with Crippen molar-refractivity contribution in [3.05, 3.63) is 44.3 Å². The van der Waals surface area contributed by atoms with Crippen LogP contribution in [0.25, 0.3) is 4.96 Å². The summed E-state index contributed by atoms with van der Waals surface area (Å²) in [6, 6.07) is 1.48. The van der Waals surface area contributed by atoms with Gasteiger partial charge in [0, 0.05) is 36.1 Å². The second-order valence-corrected chi connectivity index (χ2v) is 7.30. The molecule has 0 unspecified atom stereocenters. The summed E-state index contributed by atoms with van der Waals surface area (Å²) in [5.41, 5.74) is 0.781. The van der Waals surface area contributed by atoms with Crippen molar-refractivity contribution >= 4 is 38.7 Å². The number of anilines is 1. The number of thiazole rings is 2. The molecule has 1 amide bonds. The molecule has 3 rings (SSSR count). The van der Waals surface area contributed by atoms with Crippen LogP contribution in [0.4, 0.5) is 5.13 Å². The molecule has 0 aromatic carbocycles. The Bertz CT molecular complexity index is 929. The Morgan fingerprint density at radius 1 is 1.46 bits per heavy atom. The van der Waals surface area contributed by atoms with Crippen LogP contribution in [0, 0.1) is 6.92 Å². The minimum absolute atomic E-state index is 0.242. The Morgan fingerprint density at radius 2 is 2.25 bits per heavy atom. The third-order valence-electron chi connectivity index (χ3n) is 3.44. The van der Waals surface area contributed by atoms with Crippen molar-refractivity contribution in [1.29, 1.82) is 0 Å². The Balaban J connectivity index is 1.99. The van der Waals surface area contributed by atoms with Gasteiger partial charge in [-0.2, -0.15) is 0 Å². The van der Waals surface area contributed by atoms with Crippen molar-refractivity contribution in [3.8, 4) is 0 Å². The standard InChI is InChI=1S/C15H17N5O2S2/c1-4-16-13(22)12-9(2)24-15-18-10(7-11(21)20(12)15)8-19(3)14-17-5-6-23-14/h5-7H,4,8H2,1-3H3,(H,16,22). The Morgan fingerprint density at radius 3 is 2.92 bits per heavy atom. The molecule has 0 bridgehead atoms. The number of amides is 1. The highest BCUT2D eigenvalue weighted by Gasteiger charge is 2.19. The lowest BCUT2D eigenvalue weighted by Crippen LogP contribution is -2.28. The molecule has 9 heteroatoms. The fraction of sp³-hybridized carbons (Fsp3) is 0.333. The highest BCUT2D eigenvalue weighted by atomic mass is 32.1. The first-order valence-corrected chi connectivity index (χ1v) is 9.11. The summed E-state index contributed by atoms with van der Waals surface area (Å²) >= 11 is 2.87. The summed E-state index contributed by atoms with van der Waals surface area (Å²) in [4.78, 5) is 36.8. The largest absolute Gasteiger partial charge is 0.351 e. The average molecular weight is 363 g/mol. The van der Waals surface area contributed by atoms with Gasteiger partial charge >= 0.3 is 0 Å². The fourth-order valence-corrected chi connectivity index (χ4v) is 4.02. The number of hydrogen-bond donors (Lipinski definition) is 1. The number of aryl methyl sites for hydroxylation is 1. The molecule has 7 nitrogen and oxygen atoms in total. The minimum atomic E-state index is -0.252. The summed E-state index contributed by atoms with van der Waals surface area (Å²) in [5, 5.41) is 5.50. The number of fused-ring (bicyclic) bond motifs is 1. The van der Waals surface area contributed by atoms with Crippen molar-refractivity contribution in [3.63, 3.8) is 0 Å². The summed E-state index contributed by atoms with van der Waals surface area (Å²) < 4.78 is 1.39. The number of carbonyl (C=O) groups excluding carboxylic acids is 1. The van der Waals surface area contributed by atoms with Crippen molar-refractivity contribution < 1.29 is 4.79 Å². The number of nitrogens with zero attached hydrogens (tertiary/aromatic N) is 4. The van der Waals surface area contributed by atoms with Crippen LogP contribution >= 0.6 is 22.7 Å². The van der Waals surface area contributed by atoms with E-state index in [0.29, 0.717) is 29.4 Å². The molecule has 3 aromatic heterocycles. The number of carbonyl (C=O) groups is 1. The van der Waals surface area contributed by atoms with Crippen LogP contribution in [0.1, 0.15) is 28.0 Å². The Kier molecular flexibility index (Phi) is 4.63. The second kappa shape index (κ2) is 6.70. The molecule has 126 valence electrons. The van der Waals surface area contributed by atoms with Crippen LogP contribution < -0.4 is 15.8 Å². The molecule has 3 heterocycles. The number of nitrogens with one attached hydrogen (secondary N) is 1. The topological polar surface area (TPSA) is 79.6 Å². The van der Waals surface area contributed by atoms with Gasteiger partial charge in [-0.25, -0.2) is 14.4 Å². The predicted octanol–water partition coefficient (Wildman–Crippen LogP) is 1.91. The van der Waals surface area contributed by atoms with E-state index in [9.17, 15) is 9.59 Å². The molecule has 0 saturated heterocycles. The molecular formula is C15H17N5O2S2. The zero-order chi connectivity index (χ0) is 17.3. The highest BCUT2D eigenvalue weighted by Crippen LogP contribution is 2.21. The molecule has 0 aliphatic carbocycles. The summed E-state index contributed by atoms with van der Waals surface area (Å²) in [5.74, 6) is -0.252. The van der Waals surface area contributed by atoms with Crippen molar-refractivity contribution in [2.45, 2.75) is 20.4 Å². The molecule has 0 saturated carbocycles. The molecule has 0 aliphatic heterocycles. The number of aromatic nitrogens is 3. The smallest absolute Gasteiger partial charge is 0.269 e. The third kappa shape index (κ3) is 3.04. The summed E-state index contributed by atoms with van der Waals surface area (Å²) in [6.07, 6.45) is 1.74. The molecule has 0 spiro atoms. The zero-order valence-corrected chi connectivity index (χ0v) is 15.2. The van der Waals surface area contributed by atoms with Gasteiger partial charge in [0.05, 0.1) is 12.2 Å². The van der Waals surface area contributed by atoms with Gasteiger partial charge in [0.2, 0.25) is 0 Å². The van der Waals surface area contributed by atoms with E-state index in [0.717, 1.165) is 10.0 Å². The number of rotatable bonds is 5. The predicted molar refractivity (Wildman–Crippen MR) is 96.3 cm³/mol. The first kappa shape index (κ1) is 16.6. The maximum Gasteiger partial charge on any atom is 0.269 e. The average Bonchev–Trinajstić information content (AvgIpc) is 3.14. The van der Waals surface area contributed by atoms with Crippen molar-refractivity contribution in [2.24, 2.45) is 0 Å². The van der Waals surface area contributed by atoms with Gasteiger partial charge in [-0.3, -0.25) is 9.59 Å². The van der Waals surface area contributed by atoms with Crippen LogP contribution in [0.5, 0.6) is 0 Å². The maximum absolute atomic E-state index is 12.5. The lowest BCUT2D eigenvalue weighted by molar-refractivity contribution is 0.0949. The monoisotopic (exact) mass is 363 g/mol. The van der Waals surface area contributed by atoms with E-state index in [1.807, 2.05) is 31.2 Å². The van der Waals surface area contributed by atoms with Crippen molar-refractivity contribution in [2.75, 3.05) is 18.5 Å². The molecule has 1 N–H and O–H groups in total. The maximum atomic E-state index is 12.5. The van der Waals surface area contributed by atoms with E-state index in [1.54, 1.807) is 6.20 Å².